The summed E-state index contributed by atoms with van der Waals surface area (Å²) in [4.78, 5) is 5.08. The van der Waals surface area contributed by atoms with E-state index in [0.29, 0.717) is 12.4 Å². The van der Waals surface area contributed by atoms with E-state index in [2.05, 4.69) is 5.48 Å². The summed E-state index contributed by atoms with van der Waals surface area (Å²) in [7, 11) is 0. The minimum atomic E-state index is -0.00477. The quantitative estimate of drug-likeness (QED) is 0.724. The van der Waals surface area contributed by atoms with Gasteiger partial charge in [0, 0.05) is 5.56 Å². The molecule has 0 aliphatic heterocycles. The van der Waals surface area contributed by atoms with Gasteiger partial charge in [0.25, 0.3) is 0 Å². The van der Waals surface area contributed by atoms with Crippen LogP contribution < -0.4 is 5.48 Å². The van der Waals surface area contributed by atoms with Crippen molar-refractivity contribution in [2.75, 3.05) is 6.61 Å². The first-order valence-corrected chi connectivity index (χ1v) is 4.82. The van der Waals surface area contributed by atoms with Gasteiger partial charge in [-0.3, -0.25) is 0 Å². The van der Waals surface area contributed by atoms with Crippen molar-refractivity contribution in [1.82, 2.24) is 5.48 Å². The Bertz CT molecular complexity index is 299. The van der Waals surface area contributed by atoms with Crippen molar-refractivity contribution in [2.24, 2.45) is 0 Å². The minimum Gasteiger partial charge on any atom is -0.508 e. The number of aryl methyl sites for hydroxylation is 1. The lowest BCUT2D eigenvalue weighted by Gasteiger charge is -2.15. The average Bonchev–Trinajstić information content (AvgIpc) is 2.18. The summed E-state index contributed by atoms with van der Waals surface area (Å²) >= 11 is 0. The highest BCUT2D eigenvalue weighted by Crippen LogP contribution is 2.24. The third kappa shape index (κ3) is 2.72. The Balaban J connectivity index is 2.77. The summed E-state index contributed by atoms with van der Waals surface area (Å²) in [5.74, 6) is 0.301. The van der Waals surface area contributed by atoms with Crippen molar-refractivity contribution >= 4 is 0 Å². The predicted octanol–water partition coefficient (Wildman–Crippen LogP) is 2.30. The van der Waals surface area contributed by atoms with Crippen LogP contribution in [0.2, 0.25) is 0 Å². The molecule has 0 saturated carbocycles. The highest BCUT2D eigenvalue weighted by molar-refractivity contribution is 5.37. The fourth-order valence-corrected chi connectivity index (χ4v) is 1.29. The number of hydrogen-bond acceptors (Lipinski definition) is 3. The van der Waals surface area contributed by atoms with Crippen molar-refractivity contribution in [1.29, 1.82) is 0 Å². The molecule has 0 aliphatic rings. The SMILES string of the molecule is CCONC(C)c1cc(C)ccc1O. The van der Waals surface area contributed by atoms with E-state index < -0.39 is 0 Å². The normalized spacial score (nSPS) is 12.8. The molecule has 0 fully saturated rings. The summed E-state index contributed by atoms with van der Waals surface area (Å²) in [6.45, 7) is 6.47. The number of rotatable bonds is 4. The van der Waals surface area contributed by atoms with Gasteiger partial charge in [0.05, 0.1) is 12.6 Å². The minimum absolute atomic E-state index is 0.00477. The number of hydrogen-bond donors (Lipinski definition) is 2. The predicted molar refractivity (Wildman–Crippen MR) is 56.0 cm³/mol. The summed E-state index contributed by atoms with van der Waals surface area (Å²) in [6.07, 6.45) is 0. The number of benzene rings is 1. The fourth-order valence-electron chi connectivity index (χ4n) is 1.29. The maximum atomic E-state index is 9.61. The Morgan fingerprint density at radius 3 is 2.86 bits per heavy atom. The van der Waals surface area contributed by atoms with E-state index in [9.17, 15) is 5.11 Å². The molecule has 3 heteroatoms. The van der Waals surface area contributed by atoms with Crippen molar-refractivity contribution < 1.29 is 9.94 Å². The zero-order valence-electron chi connectivity index (χ0n) is 8.87. The molecular weight excluding hydrogens is 178 g/mol. The maximum absolute atomic E-state index is 9.61. The molecule has 1 atom stereocenters. The Morgan fingerprint density at radius 2 is 2.21 bits per heavy atom. The molecule has 3 nitrogen and oxygen atoms in total. The van der Waals surface area contributed by atoms with Crippen LogP contribution in [0.1, 0.15) is 31.0 Å². The third-order valence-corrected chi connectivity index (χ3v) is 2.05. The smallest absolute Gasteiger partial charge is 0.120 e. The van der Waals surface area contributed by atoms with Crippen LogP contribution in [0.15, 0.2) is 18.2 Å². The molecule has 0 aliphatic carbocycles. The van der Waals surface area contributed by atoms with Crippen LogP contribution in [0.4, 0.5) is 0 Å². The average molecular weight is 195 g/mol. The number of hydroxylamine groups is 1. The second-order valence-electron chi connectivity index (χ2n) is 3.33. The summed E-state index contributed by atoms with van der Waals surface area (Å²) in [5.41, 5.74) is 4.84. The van der Waals surface area contributed by atoms with E-state index in [-0.39, 0.29) is 6.04 Å². The van der Waals surface area contributed by atoms with Gasteiger partial charge in [0.1, 0.15) is 5.75 Å². The van der Waals surface area contributed by atoms with Crippen molar-refractivity contribution in [3.05, 3.63) is 29.3 Å². The van der Waals surface area contributed by atoms with Crippen LogP contribution in [0.3, 0.4) is 0 Å². The van der Waals surface area contributed by atoms with Crippen LogP contribution >= 0.6 is 0 Å². The number of phenols is 1. The van der Waals surface area contributed by atoms with E-state index in [1.54, 1.807) is 6.07 Å². The van der Waals surface area contributed by atoms with Crippen LogP contribution in [0.5, 0.6) is 5.75 Å². The fraction of sp³-hybridized carbons (Fsp3) is 0.455. The van der Waals surface area contributed by atoms with Crippen LogP contribution in [-0.2, 0) is 4.84 Å². The van der Waals surface area contributed by atoms with Gasteiger partial charge >= 0.3 is 0 Å². The molecule has 0 heterocycles. The maximum Gasteiger partial charge on any atom is 0.120 e. The van der Waals surface area contributed by atoms with Gasteiger partial charge in [-0.2, -0.15) is 5.48 Å². The van der Waals surface area contributed by atoms with Gasteiger partial charge in [-0.1, -0.05) is 17.7 Å². The molecule has 1 aromatic carbocycles. The van der Waals surface area contributed by atoms with Crippen molar-refractivity contribution in [3.63, 3.8) is 0 Å². The standard InChI is InChI=1S/C11H17NO2/c1-4-14-12-9(3)10-7-8(2)5-6-11(10)13/h5-7,9,12-13H,4H2,1-3H3. The summed E-state index contributed by atoms with van der Waals surface area (Å²) < 4.78 is 0. The Hall–Kier alpha value is -1.06. The summed E-state index contributed by atoms with van der Waals surface area (Å²) in [6, 6.07) is 5.53. The van der Waals surface area contributed by atoms with Gasteiger partial charge in [-0.25, -0.2) is 0 Å². The number of nitrogens with one attached hydrogen (secondary N) is 1. The molecule has 0 aromatic heterocycles. The zero-order chi connectivity index (χ0) is 10.6. The Labute approximate surface area is 84.7 Å². The van der Waals surface area contributed by atoms with Gasteiger partial charge in [-0.05, 0) is 26.8 Å². The van der Waals surface area contributed by atoms with Gasteiger partial charge in [0.2, 0.25) is 0 Å². The second-order valence-corrected chi connectivity index (χ2v) is 3.33. The monoisotopic (exact) mass is 195 g/mol. The summed E-state index contributed by atoms with van der Waals surface area (Å²) in [5, 5.41) is 9.61. The molecule has 0 saturated heterocycles. The van der Waals surface area contributed by atoms with Crippen molar-refractivity contribution in [2.45, 2.75) is 26.8 Å². The van der Waals surface area contributed by atoms with E-state index in [0.717, 1.165) is 11.1 Å². The second kappa shape index (κ2) is 4.98. The van der Waals surface area contributed by atoms with Crippen molar-refractivity contribution in [3.8, 4) is 5.75 Å². The van der Waals surface area contributed by atoms with Gasteiger partial charge in [-0.15, -0.1) is 0 Å². The molecule has 1 aromatic rings. The van der Waals surface area contributed by atoms with E-state index in [1.807, 2.05) is 32.9 Å². The van der Waals surface area contributed by atoms with Gasteiger partial charge in [0.15, 0.2) is 0 Å². The Kier molecular flexibility index (Phi) is 3.92. The highest BCUT2D eigenvalue weighted by Gasteiger charge is 2.09. The van der Waals surface area contributed by atoms with Crippen LogP contribution in [0, 0.1) is 6.92 Å². The molecule has 1 unspecified atom stereocenters. The van der Waals surface area contributed by atoms with E-state index >= 15 is 0 Å². The topological polar surface area (TPSA) is 41.5 Å². The molecule has 0 radical (unpaired) electrons. The highest BCUT2D eigenvalue weighted by atomic mass is 16.6. The molecule has 78 valence electrons. The molecule has 0 spiro atoms. The molecule has 1 rings (SSSR count). The van der Waals surface area contributed by atoms with Crippen LogP contribution in [-0.4, -0.2) is 11.7 Å². The molecular formula is C11H17NO2. The lowest BCUT2D eigenvalue weighted by molar-refractivity contribution is 0.0279. The third-order valence-electron chi connectivity index (χ3n) is 2.05. The zero-order valence-corrected chi connectivity index (χ0v) is 8.87. The largest absolute Gasteiger partial charge is 0.508 e. The van der Waals surface area contributed by atoms with Gasteiger partial charge < -0.3 is 9.94 Å². The molecule has 0 bridgehead atoms. The van der Waals surface area contributed by atoms with E-state index in [4.69, 9.17) is 4.84 Å². The van der Waals surface area contributed by atoms with Crippen LogP contribution in [0.25, 0.3) is 0 Å². The first-order valence-electron chi connectivity index (χ1n) is 4.82. The lowest BCUT2D eigenvalue weighted by Crippen LogP contribution is -2.19. The molecule has 0 amide bonds. The van der Waals surface area contributed by atoms with E-state index in [1.165, 1.54) is 0 Å². The first kappa shape index (κ1) is 11.0. The first-order chi connectivity index (χ1) is 6.65. The molecule has 14 heavy (non-hydrogen) atoms. The Morgan fingerprint density at radius 1 is 1.50 bits per heavy atom. The lowest BCUT2D eigenvalue weighted by atomic mass is 10.1. The number of aromatic hydroxyl groups is 1. The molecule has 2 N–H and O–H groups in total. The number of phenolic OH excluding ortho intramolecular Hbond substituents is 1.